The van der Waals surface area contributed by atoms with Gasteiger partial charge in [0.15, 0.2) is 0 Å². The highest BCUT2D eigenvalue weighted by Crippen LogP contribution is 2.11. The van der Waals surface area contributed by atoms with Gasteiger partial charge < -0.3 is 14.9 Å². The van der Waals surface area contributed by atoms with Crippen molar-refractivity contribution in [3.8, 4) is 0 Å². The average Bonchev–Trinajstić information content (AvgIpc) is 2.25. The summed E-state index contributed by atoms with van der Waals surface area (Å²) in [6.07, 6.45) is 0.331. The molecule has 0 aromatic heterocycles. The van der Waals surface area contributed by atoms with Gasteiger partial charge in [-0.15, -0.1) is 0 Å². The van der Waals surface area contributed by atoms with Crippen LogP contribution in [0.25, 0.3) is 0 Å². The Bertz CT molecular complexity index is 319. The van der Waals surface area contributed by atoms with Gasteiger partial charge in [0, 0.05) is 24.2 Å². The molecule has 0 spiro atoms. The van der Waals surface area contributed by atoms with Crippen molar-refractivity contribution in [3.63, 3.8) is 0 Å². The number of aliphatic hydroxyl groups is 1. The molecule has 2 N–H and O–H groups in total. The van der Waals surface area contributed by atoms with Crippen molar-refractivity contribution in [1.29, 1.82) is 0 Å². The van der Waals surface area contributed by atoms with Crippen LogP contribution in [0.1, 0.15) is 26.2 Å². The largest absolute Gasteiger partial charge is 0.478 e. The zero-order valence-electron chi connectivity index (χ0n) is 9.94. The van der Waals surface area contributed by atoms with Crippen LogP contribution >= 0.6 is 0 Å². The topological polar surface area (TPSA) is 83.8 Å². The second-order valence-electron chi connectivity index (χ2n) is 3.76. The van der Waals surface area contributed by atoms with E-state index in [1.807, 2.05) is 0 Å². The molecule has 0 aromatic rings. The minimum absolute atomic E-state index is 0.00808. The number of esters is 1. The van der Waals surface area contributed by atoms with Crippen LogP contribution in [0.5, 0.6) is 0 Å². The number of ether oxygens (including phenoxy) is 1. The maximum atomic E-state index is 11.4. The Balaban J connectivity index is 4.07. The summed E-state index contributed by atoms with van der Waals surface area (Å²) in [5, 5.41) is 17.2. The molecule has 0 aliphatic rings. The van der Waals surface area contributed by atoms with Gasteiger partial charge in [0.05, 0.1) is 0 Å². The van der Waals surface area contributed by atoms with Crippen molar-refractivity contribution >= 4 is 11.9 Å². The fraction of sp³-hybridized carbons (Fsp3) is 0.500. The highest BCUT2D eigenvalue weighted by Gasteiger charge is 2.15. The quantitative estimate of drug-likeness (QED) is 0.494. The van der Waals surface area contributed by atoms with Crippen molar-refractivity contribution in [3.05, 3.63) is 24.3 Å². The fourth-order valence-electron chi connectivity index (χ4n) is 1.14. The van der Waals surface area contributed by atoms with E-state index < -0.39 is 18.0 Å². The van der Waals surface area contributed by atoms with E-state index in [0.717, 1.165) is 0 Å². The van der Waals surface area contributed by atoms with E-state index in [1.165, 1.54) is 0 Å². The Hall–Kier alpha value is -1.62. The highest BCUT2D eigenvalue weighted by molar-refractivity contribution is 5.88. The molecular formula is C12H18O5. The molecule has 17 heavy (non-hydrogen) atoms. The van der Waals surface area contributed by atoms with Gasteiger partial charge in [-0.05, 0) is 19.8 Å². The summed E-state index contributed by atoms with van der Waals surface area (Å²) >= 11 is 0. The molecular weight excluding hydrogens is 224 g/mol. The predicted octanol–water partition coefficient (Wildman–Crippen LogP) is 1.28. The van der Waals surface area contributed by atoms with Crippen LogP contribution in [0, 0.1) is 0 Å². The minimum atomic E-state index is -1.10. The third-order valence-corrected chi connectivity index (χ3v) is 2.07. The number of rotatable bonds is 8. The number of aliphatic carboxylic acids is 1. The molecule has 0 radical (unpaired) electrons. The van der Waals surface area contributed by atoms with Crippen molar-refractivity contribution in [2.24, 2.45) is 0 Å². The molecule has 1 unspecified atom stereocenters. The second kappa shape index (κ2) is 7.62. The average molecular weight is 242 g/mol. The summed E-state index contributed by atoms with van der Waals surface area (Å²) in [5.74, 6) is -1.67. The maximum Gasteiger partial charge on any atom is 0.333 e. The Morgan fingerprint density at radius 1 is 1.29 bits per heavy atom. The van der Waals surface area contributed by atoms with Crippen molar-refractivity contribution in [2.45, 2.75) is 32.3 Å². The predicted molar refractivity (Wildman–Crippen MR) is 62.4 cm³/mol. The van der Waals surface area contributed by atoms with Crippen LogP contribution < -0.4 is 0 Å². The molecule has 96 valence electrons. The zero-order chi connectivity index (χ0) is 13.4. The molecule has 0 aliphatic heterocycles. The number of carbonyl (C=O) groups is 2. The molecule has 0 fully saturated rings. The van der Waals surface area contributed by atoms with Gasteiger partial charge in [-0.25, -0.2) is 9.59 Å². The van der Waals surface area contributed by atoms with E-state index in [-0.39, 0.29) is 24.2 Å². The number of aliphatic hydroxyl groups excluding tert-OH is 1. The standard InChI is InChI=1S/C12H18O5/c1-8(5-4-6-13)12(16)17-10(3)7-9(2)11(14)15/h10,13H,1-2,4-7H2,3H3,(H,14,15). The third kappa shape index (κ3) is 6.52. The van der Waals surface area contributed by atoms with Crippen LogP contribution in [0.4, 0.5) is 0 Å². The summed E-state index contributed by atoms with van der Waals surface area (Å²) in [7, 11) is 0. The molecule has 0 amide bonds. The van der Waals surface area contributed by atoms with Crippen LogP contribution in [0.2, 0.25) is 0 Å². The van der Waals surface area contributed by atoms with E-state index in [9.17, 15) is 9.59 Å². The van der Waals surface area contributed by atoms with Gasteiger partial charge in [0.25, 0.3) is 0 Å². The van der Waals surface area contributed by atoms with Crippen LogP contribution in [-0.4, -0.2) is 34.9 Å². The van der Waals surface area contributed by atoms with E-state index in [2.05, 4.69) is 13.2 Å². The van der Waals surface area contributed by atoms with Crippen molar-refractivity contribution < 1.29 is 24.5 Å². The Morgan fingerprint density at radius 3 is 2.35 bits per heavy atom. The van der Waals surface area contributed by atoms with Gasteiger partial charge in [0.1, 0.15) is 6.10 Å². The molecule has 0 rings (SSSR count). The van der Waals surface area contributed by atoms with Crippen molar-refractivity contribution in [2.75, 3.05) is 6.61 Å². The molecule has 0 saturated carbocycles. The molecule has 0 aliphatic carbocycles. The molecule has 0 aromatic carbocycles. The fourth-order valence-corrected chi connectivity index (χ4v) is 1.14. The van der Waals surface area contributed by atoms with E-state index in [4.69, 9.17) is 14.9 Å². The molecule has 0 bridgehead atoms. The van der Waals surface area contributed by atoms with Gasteiger partial charge in [-0.2, -0.15) is 0 Å². The first-order chi connectivity index (χ1) is 7.88. The molecule has 5 nitrogen and oxygen atoms in total. The lowest BCUT2D eigenvalue weighted by atomic mass is 10.1. The lowest BCUT2D eigenvalue weighted by Gasteiger charge is -2.14. The Morgan fingerprint density at radius 2 is 1.88 bits per heavy atom. The summed E-state index contributed by atoms with van der Waals surface area (Å²) in [5.41, 5.74) is 0.262. The maximum absolute atomic E-state index is 11.4. The lowest BCUT2D eigenvalue weighted by molar-refractivity contribution is -0.144. The normalized spacial score (nSPS) is 11.6. The third-order valence-electron chi connectivity index (χ3n) is 2.07. The van der Waals surface area contributed by atoms with Gasteiger partial charge in [-0.3, -0.25) is 0 Å². The summed E-state index contributed by atoms with van der Waals surface area (Å²) < 4.78 is 4.99. The zero-order valence-corrected chi connectivity index (χ0v) is 9.94. The number of carboxylic acid groups (broad SMARTS) is 1. The van der Waals surface area contributed by atoms with Crippen molar-refractivity contribution in [1.82, 2.24) is 0 Å². The lowest BCUT2D eigenvalue weighted by Crippen LogP contribution is -2.18. The van der Waals surface area contributed by atoms with E-state index in [0.29, 0.717) is 12.8 Å². The summed E-state index contributed by atoms with van der Waals surface area (Å²) in [4.78, 5) is 21.9. The molecule has 5 heteroatoms. The Labute approximate surface area is 100 Å². The highest BCUT2D eigenvalue weighted by atomic mass is 16.5. The number of carboxylic acids is 1. The number of hydrogen-bond donors (Lipinski definition) is 2. The Kier molecular flexibility index (Phi) is 6.89. The van der Waals surface area contributed by atoms with E-state index in [1.54, 1.807) is 6.92 Å². The first-order valence-corrected chi connectivity index (χ1v) is 5.29. The van der Waals surface area contributed by atoms with Gasteiger partial charge >= 0.3 is 11.9 Å². The second-order valence-corrected chi connectivity index (χ2v) is 3.76. The van der Waals surface area contributed by atoms with E-state index >= 15 is 0 Å². The first kappa shape index (κ1) is 15.4. The molecule has 1 atom stereocenters. The number of hydrogen-bond acceptors (Lipinski definition) is 4. The molecule has 0 heterocycles. The summed E-state index contributed by atoms with van der Waals surface area (Å²) in [6.45, 7) is 8.46. The first-order valence-electron chi connectivity index (χ1n) is 5.29. The monoisotopic (exact) mass is 242 g/mol. The number of carbonyl (C=O) groups excluding carboxylic acids is 1. The minimum Gasteiger partial charge on any atom is -0.478 e. The van der Waals surface area contributed by atoms with Crippen LogP contribution in [0.15, 0.2) is 24.3 Å². The van der Waals surface area contributed by atoms with Gasteiger partial charge in [0.2, 0.25) is 0 Å². The summed E-state index contributed by atoms with van der Waals surface area (Å²) in [6, 6.07) is 0. The SMILES string of the molecule is C=C(CC(C)OC(=O)C(=C)CCCO)C(=O)O. The van der Waals surface area contributed by atoms with Crippen LogP contribution in [-0.2, 0) is 14.3 Å². The smallest absolute Gasteiger partial charge is 0.333 e. The van der Waals surface area contributed by atoms with Crippen LogP contribution in [0.3, 0.4) is 0 Å². The molecule has 0 saturated heterocycles. The van der Waals surface area contributed by atoms with Gasteiger partial charge in [-0.1, -0.05) is 13.2 Å².